The molecule has 1 heterocycles. The minimum absolute atomic E-state index is 0.508. The van der Waals surface area contributed by atoms with E-state index in [1.807, 2.05) is 0 Å². The molecule has 3 rings (SSSR count). The Bertz CT molecular complexity index is 585. The predicted molar refractivity (Wildman–Crippen MR) is 90.3 cm³/mol. The van der Waals surface area contributed by atoms with Crippen LogP contribution in [0.1, 0.15) is 37.8 Å². The number of fused-ring (bicyclic) bond motifs is 1. The second-order valence-electron chi connectivity index (χ2n) is 6.34. The maximum atomic E-state index is 5.68. The quantitative estimate of drug-likeness (QED) is 0.919. The summed E-state index contributed by atoms with van der Waals surface area (Å²) in [6.45, 7) is 5.59. The van der Waals surface area contributed by atoms with Gasteiger partial charge in [-0.15, -0.1) is 0 Å². The zero-order chi connectivity index (χ0) is 14.7. The zero-order valence-corrected chi connectivity index (χ0v) is 13.0. The van der Waals surface area contributed by atoms with E-state index in [2.05, 4.69) is 54.3 Å². The predicted octanol–water partition coefficient (Wildman–Crippen LogP) is 3.96. The lowest BCUT2D eigenvalue weighted by Crippen LogP contribution is -2.36. The first-order chi connectivity index (χ1) is 10.3. The monoisotopic (exact) mass is 282 g/mol. The van der Waals surface area contributed by atoms with E-state index in [4.69, 9.17) is 5.73 Å². The van der Waals surface area contributed by atoms with Gasteiger partial charge in [-0.05, 0) is 74.1 Å². The van der Waals surface area contributed by atoms with Gasteiger partial charge in [-0.1, -0.05) is 36.4 Å². The van der Waals surface area contributed by atoms with Gasteiger partial charge < -0.3 is 5.73 Å². The molecule has 1 atom stereocenters. The van der Waals surface area contributed by atoms with Crippen molar-refractivity contribution >= 4 is 10.8 Å². The lowest BCUT2D eigenvalue weighted by atomic mass is 9.92. The second kappa shape index (κ2) is 6.59. The third kappa shape index (κ3) is 3.28. The molecule has 2 nitrogen and oxygen atoms in total. The summed E-state index contributed by atoms with van der Waals surface area (Å²) in [6, 6.07) is 16.0. The molecule has 0 aliphatic carbocycles. The first kappa shape index (κ1) is 14.6. The number of nitrogens with two attached hydrogens (primary N) is 1. The summed E-state index contributed by atoms with van der Waals surface area (Å²) in [5, 5.41) is 2.68. The number of rotatable bonds is 4. The van der Waals surface area contributed by atoms with Crippen LogP contribution in [0.2, 0.25) is 0 Å². The molecule has 1 fully saturated rings. The number of hydrogen-bond donors (Lipinski definition) is 1. The molecule has 2 heteroatoms. The van der Waals surface area contributed by atoms with E-state index in [0.717, 1.165) is 12.5 Å². The van der Waals surface area contributed by atoms with Gasteiger partial charge in [-0.25, -0.2) is 0 Å². The highest BCUT2D eigenvalue weighted by atomic mass is 15.2. The van der Waals surface area contributed by atoms with Crippen LogP contribution in [-0.2, 0) is 0 Å². The molecule has 1 aliphatic heterocycles. The van der Waals surface area contributed by atoms with Crippen LogP contribution < -0.4 is 5.73 Å². The van der Waals surface area contributed by atoms with Crippen LogP contribution in [0.25, 0.3) is 10.8 Å². The fourth-order valence-corrected chi connectivity index (χ4v) is 3.54. The molecule has 1 unspecified atom stereocenters. The Balaban J connectivity index is 1.70. The molecule has 0 spiro atoms. The van der Waals surface area contributed by atoms with Gasteiger partial charge in [-0.2, -0.15) is 0 Å². The van der Waals surface area contributed by atoms with Crippen molar-refractivity contribution < 1.29 is 0 Å². The summed E-state index contributed by atoms with van der Waals surface area (Å²) in [5.41, 5.74) is 7.12. The van der Waals surface area contributed by atoms with Crippen LogP contribution >= 0.6 is 0 Å². The summed E-state index contributed by atoms with van der Waals surface area (Å²) in [6.07, 6.45) is 3.79. The van der Waals surface area contributed by atoms with E-state index < -0.39 is 0 Å². The second-order valence-corrected chi connectivity index (χ2v) is 6.34. The average Bonchev–Trinajstić information content (AvgIpc) is 2.55. The number of benzene rings is 2. The van der Waals surface area contributed by atoms with Crippen LogP contribution in [0, 0.1) is 5.92 Å². The first-order valence-electron chi connectivity index (χ1n) is 8.21. The van der Waals surface area contributed by atoms with E-state index in [-0.39, 0.29) is 0 Å². The van der Waals surface area contributed by atoms with Crippen LogP contribution in [-0.4, -0.2) is 24.5 Å². The fourth-order valence-electron chi connectivity index (χ4n) is 3.54. The Hall–Kier alpha value is -1.38. The smallest absolute Gasteiger partial charge is 0.0320 e. The van der Waals surface area contributed by atoms with E-state index in [0.29, 0.717) is 6.04 Å². The Morgan fingerprint density at radius 1 is 1.10 bits per heavy atom. The van der Waals surface area contributed by atoms with Crippen molar-refractivity contribution in [3.8, 4) is 0 Å². The topological polar surface area (TPSA) is 29.3 Å². The summed E-state index contributed by atoms with van der Waals surface area (Å²) in [4.78, 5) is 2.62. The van der Waals surface area contributed by atoms with Gasteiger partial charge in [0.15, 0.2) is 0 Å². The maximum absolute atomic E-state index is 5.68. The molecule has 0 amide bonds. The lowest BCUT2D eigenvalue weighted by Gasteiger charge is -2.36. The first-order valence-corrected chi connectivity index (χ1v) is 8.21. The molecule has 1 saturated heterocycles. The van der Waals surface area contributed by atoms with Gasteiger partial charge in [0.1, 0.15) is 0 Å². The van der Waals surface area contributed by atoms with Crippen LogP contribution in [0.15, 0.2) is 42.5 Å². The van der Waals surface area contributed by atoms with Crippen molar-refractivity contribution in [1.29, 1.82) is 0 Å². The van der Waals surface area contributed by atoms with E-state index >= 15 is 0 Å². The molecule has 1 aliphatic rings. The standard InChI is InChI=1S/C19H26N2/c1-15(21-12-9-16(8-11-20)10-13-21)18-7-6-17-4-2-3-5-19(17)14-18/h2-7,14-16H,8-13,20H2,1H3. The number of nitrogens with zero attached hydrogens (tertiary/aromatic N) is 1. The minimum atomic E-state index is 0.508. The maximum Gasteiger partial charge on any atom is 0.0320 e. The third-order valence-corrected chi connectivity index (χ3v) is 5.03. The zero-order valence-electron chi connectivity index (χ0n) is 13.0. The molecule has 0 radical (unpaired) electrons. The normalized spacial score (nSPS) is 19.0. The molecule has 2 aromatic carbocycles. The largest absolute Gasteiger partial charge is 0.330 e. The molecule has 2 aromatic rings. The average molecular weight is 282 g/mol. The van der Waals surface area contributed by atoms with Gasteiger partial charge in [0.05, 0.1) is 0 Å². The van der Waals surface area contributed by atoms with Gasteiger partial charge in [0.25, 0.3) is 0 Å². The number of piperidine rings is 1. The van der Waals surface area contributed by atoms with Crippen LogP contribution in [0.5, 0.6) is 0 Å². The minimum Gasteiger partial charge on any atom is -0.330 e. The Kier molecular flexibility index (Phi) is 4.57. The molecular formula is C19H26N2. The number of likely N-dealkylation sites (tertiary alicyclic amines) is 1. The molecule has 21 heavy (non-hydrogen) atoms. The Morgan fingerprint density at radius 2 is 1.81 bits per heavy atom. The van der Waals surface area contributed by atoms with Crippen molar-refractivity contribution in [2.24, 2.45) is 11.7 Å². The van der Waals surface area contributed by atoms with Crippen molar-refractivity contribution in [2.75, 3.05) is 19.6 Å². The highest BCUT2D eigenvalue weighted by Crippen LogP contribution is 2.29. The van der Waals surface area contributed by atoms with Gasteiger partial charge in [0, 0.05) is 6.04 Å². The van der Waals surface area contributed by atoms with Crippen LogP contribution in [0.4, 0.5) is 0 Å². The van der Waals surface area contributed by atoms with E-state index in [1.165, 1.54) is 48.7 Å². The van der Waals surface area contributed by atoms with Crippen molar-refractivity contribution in [1.82, 2.24) is 4.90 Å². The Morgan fingerprint density at radius 3 is 2.52 bits per heavy atom. The summed E-state index contributed by atoms with van der Waals surface area (Å²) in [5.74, 6) is 0.843. The van der Waals surface area contributed by atoms with Crippen molar-refractivity contribution in [3.05, 3.63) is 48.0 Å². The van der Waals surface area contributed by atoms with E-state index in [1.54, 1.807) is 0 Å². The molecule has 0 bridgehead atoms. The SMILES string of the molecule is CC(c1ccc2ccccc2c1)N1CCC(CCN)CC1. The van der Waals surface area contributed by atoms with E-state index in [9.17, 15) is 0 Å². The third-order valence-electron chi connectivity index (χ3n) is 5.03. The lowest BCUT2D eigenvalue weighted by molar-refractivity contribution is 0.138. The van der Waals surface area contributed by atoms with Crippen molar-refractivity contribution in [2.45, 2.75) is 32.2 Å². The molecule has 2 N–H and O–H groups in total. The number of hydrogen-bond acceptors (Lipinski definition) is 2. The van der Waals surface area contributed by atoms with Gasteiger partial charge in [0.2, 0.25) is 0 Å². The molecule has 0 aromatic heterocycles. The highest BCUT2D eigenvalue weighted by Gasteiger charge is 2.23. The summed E-state index contributed by atoms with van der Waals surface area (Å²) >= 11 is 0. The summed E-state index contributed by atoms with van der Waals surface area (Å²) < 4.78 is 0. The Labute approximate surface area is 127 Å². The van der Waals surface area contributed by atoms with Gasteiger partial charge in [-0.3, -0.25) is 4.90 Å². The van der Waals surface area contributed by atoms with Crippen LogP contribution in [0.3, 0.4) is 0 Å². The molecule has 0 saturated carbocycles. The van der Waals surface area contributed by atoms with Gasteiger partial charge >= 0.3 is 0 Å². The molecular weight excluding hydrogens is 256 g/mol. The highest BCUT2D eigenvalue weighted by molar-refractivity contribution is 5.83. The summed E-state index contributed by atoms with van der Waals surface area (Å²) in [7, 11) is 0. The van der Waals surface area contributed by atoms with Crippen molar-refractivity contribution in [3.63, 3.8) is 0 Å². The fraction of sp³-hybridized carbons (Fsp3) is 0.474. The molecule has 112 valence electrons.